The van der Waals surface area contributed by atoms with Gasteiger partial charge in [-0.3, -0.25) is 4.79 Å². The van der Waals surface area contributed by atoms with E-state index < -0.39 is 0 Å². The number of ketones is 1. The highest BCUT2D eigenvalue weighted by molar-refractivity contribution is 5.96. The van der Waals surface area contributed by atoms with Crippen LogP contribution in [0.15, 0.2) is 18.2 Å². The lowest BCUT2D eigenvalue weighted by atomic mass is 10.1. The highest BCUT2D eigenvalue weighted by Gasteiger charge is 2.11. The standard InChI is InChI=1S/C14H17N3O2/c1-9-5-6-12(10(2)18)13(7-9)19-8-14-16-15-11(3)17(14)4/h5-7H,8H2,1-4H3. The van der Waals surface area contributed by atoms with Crippen molar-refractivity contribution >= 4 is 5.78 Å². The lowest BCUT2D eigenvalue weighted by Gasteiger charge is -2.10. The molecule has 0 radical (unpaired) electrons. The Hall–Kier alpha value is -2.17. The summed E-state index contributed by atoms with van der Waals surface area (Å²) in [6.07, 6.45) is 0. The third-order valence-electron chi connectivity index (χ3n) is 3.06. The van der Waals surface area contributed by atoms with Gasteiger partial charge >= 0.3 is 0 Å². The second-order valence-corrected chi connectivity index (χ2v) is 4.57. The molecule has 2 rings (SSSR count). The molecule has 0 spiro atoms. The van der Waals surface area contributed by atoms with Crippen LogP contribution < -0.4 is 4.74 Å². The van der Waals surface area contributed by atoms with E-state index in [2.05, 4.69) is 10.2 Å². The minimum absolute atomic E-state index is 0.0101. The van der Waals surface area contributed by atoms with Gasteiger partial charge in [0.25, 0.3) is 0 Å². The average Bonchev–Trinajstić information content (AvgIpc) is 2.67. The Morgan fingerprint density at radius 2 is 2.05 bits per heavy atom. The predicted octanol–water partition coefficient (Wildman–Crippen LogP) is 2.21. The van der Waals surface area contributed by atoms with E-state index in [0.29, 0.717) is 17.9 Å². The second kappa shape index (κ2) is 5.22. The third-order valence-corrected chi connectivity index (χ3v) is 3.06. The number of carbonyl (C=O) groups is 1. The van der Waals surface area contributed by atoms with Gasteiger partial charge in [0, 0.05) is 7.05 Å². The van der Waals surface area contributed by atoms with Gasteiger partial charge in [-0.25, -0.2) is 0 Å². The third kappa shape index (κ3) is 2.81. The summed E-state index contributed by atoms with van der Waals surface area (Å²) >= 11 is 0. The minimum atomic E-state index is -0.0101. The first kappa shape index (κ1) is 13.3. The molecule has 0 aliphatic heterocycles. The maximum absolute atomic E-state index is 11.5. The molecule has 0 amide bonds. The molecule has 2 aromatic rings. The van der Waals surface area contributed by atoms with Crippen LogP contribution in [0.25, 0.3) is 0 Å². The fourth-order valence-corrected chi connectivity index (χ4v) is 1.76. The van der Waals surface area contributed by atoms with Crippen molar-refractivity contribution in [2.45, 2.75) is 27.4 Å². The lowest BCUT2D eigenvalue weighted by molar-refractivity contribution is 0.101. The van der Waals surface area contributed by atoms with Crippen molar-refractivity contribution < 1.29 is 9.53 Å². The van der Waals surface area contributed by atoms with Crippen LogP contribution in [0.5, 0.6) is 5.75 Å². The number of rotatable bonds is 4. The molecule has 5 heteroatoms. The topological polar surface area (TPSA) is 57.0 Å². The normalized spacial score (nSPS) is 10.5. The van der Waals surface area contributed by atoms with Crippen molar-refractivity contribution in [1.29, 1.82) is 0 Å². The Morgan fingerprint density at radius 3 is 2.63 bits per heavy atom. The van der Waals surface area contributed by atoms with Gasteiger partial charge in [0.05, 0.1) is 5.56 Å². The van der Waals surface area contributed by atoms with Gasteiger partial charge < -0.3 is 9.30 Å². The molecule has 1 aromatic heterocycles. The number of benzene rings is 1. The van der Waals surface area contributed by atoms with E-state index in [4.69, 9.17) is 4.74 Å². The van der Waals surface area contributed by atoms with E-state index in [9.17, 15) is 4.79 Å². The quantitative estimate of drug-likeness (QED) is 0.790. The molecule has 0 saturated heterocycles. The maximum Gasteiger partial charge on any atom is 0.170 e. The maximum atomic E-state index is 11.5. The predicted molar refractivity (Wildman–Crippen MR) is 71.3 cm³/mol. The highest BCUT2D eigenvalue weighted by atomic mass is 16.5. The molecule has 5 nitrogen and oxygen atoms in total. The van der Waals surface area contributed by atoms with Crippen LogP contribution in [-0.2, 0) is 13.7 Å². The van der Waals surface area contributed by atoms with E-state index in [1.54, 1.807) is 6.07 Å². The first-order valence-electron chi connectivity index (χ1n) is 6.08. The molecule has 100 valence electrons. The van der Waals surface area contributed by atoms with E-state index in [1.165, 1.54) is 6.92 Å². The Bertz CT molecular complexity index is 617. The summed E-state index contributed by atoms with van der Waals surface area (Å²) in [5, 5.41) is 8.00. The van der Waals surface area contributed by atoms with Gasteiger partial charge in [-0.2, -0.15) is 0 Å². The largest absolute Gasteiger partial charge is 0.485 e. The number of ether oxygens (including phenoxy) is 1. The first-order chi connectivity index (χ1) is 8.99. The van der Waals surface area contributed by atoms with Crippen molar-refractivity contribution in [1.82, 2.24) is 14.8 Å². The van der Waals surface area contributed by atoms with Gasteiger partial charge in [-0.15, -0.1) is 10.2 Å². The van der Waals surface area contributed by atoms with E-state index in [1.807, 2.05) is 37.6 Å². The molecular formula is C14H17N3O2. The minimum Gasteiger partial charge on any atom is -0.485 e. The van der Waals surface area contributed by atoms with Gasteiger partial charge in [-0.1, -0.05) is 6.07 Å². The molecule has 0 aliphatic carbocycles. The van der Waals surface area contributed by atoms with Crippen molar-refractivity contribution in [3.8, 4) is 5.75 Å². The molecule has 0 N–H and O–H groups in total. The van der Waals surface area contributed by atoms with Crippen LogP contribution >= 0.6 is 0 Å². The number of hydrogen-bond acceptors (Lipinski definition) is 4. The van der Waals surface area contributed by atoms with Gasteiger partial charge in [0.1, 0.15) is 18.2 Å². The summed E-state index contributed by atoms with van der Waals surface area (Å²) in [4.78, 5) is 11.5. The van der Waals surface area contributed by atoms with E-state index in [-0.39, 0.29) is 5.78 Å². The lowest BCUT2D eigenvalue weighted by Crippen LogP contribution is -2.07. The summed E-state index contributed by atoms with van der Waals surface area (Å²) in [6, 6.07) is 5.55. The van der Waals surface area contributed by atoms with E-state index >= 15 is 0 Å². The van der Waals surface area contributed by atoms with Crippen LogP contribution in [0.1, 0.15) is 34.5 Å². The second-order valence-electron chi connectivity index (χ2n) is 4.57. The van der Waals surface area contributed by atoms with Crippen LogP contribution in [-0.4, -0.2) is 20.5 Å². The number of aromatic nitrogens is 3. The SMILES string of the molecule is CC(=O)c1ccc(C)cc1OCc1nnc(C)n1C. The summed E-state index contributed by atoms with van der Waals surface area (Å²) in [7, 11) is 1.89. The number of hydrogen-bond donors (Lipinski definition) is 0. The number of Topliss-reactive ketones (excluding diaryl/α,β-unsaturated/α-hetero) is 1. The smallest absolute Gasteiger partial charge is 0.170 e. The van der Waals surface area contributed by atoms with Crippen molar-refractivity contribution in [3.05, 3.63) is 41.0 Å². The molecule has 0 fully saturated rings. The Labute approximate surface area is 112 Å². The molecule has 0 saturated carbocycles. The summed E-state index contributed by atoms with van der Waals surface area (Å²) in [6.45, 7) is 5.67. The van der Waals surface area contributed by atoms with Crippen LogP contribution in [0.3, 0.4) is 0 Å². The summed E-state index contributed by atoms with van der Waals surface area (Å²) in [5.41, 5.74) is 1.64. The molecule has 1 aromatic carbocycles. The monoisotopic (exact) mass is 259 g/mol. The molecule has 0 bridgehead atoms. The molecule has 19 heavy (non-hydrogen) atoms. The summed E-state index contributed by atoms with van der Waals surface area (Å²) < 4.78 is 7.58. The molecule has 0 aliphatic rings. The summed E-state index contributed by atoms with van der Waals surface area (Å²) in [5.74, 6) is 2.14. The Kier molecular flexibility index (Phi) is 3.64. The van der Waals surface area contributed by atoms with E-state index in [0.717, 1.165) is 17.2 Å². The van der Waals surface area contributed by atoms with Crippen LogP contribution in [0.2, 0.25) is 0 Å². The molecular weight excluding hydrogens is 242 g/mol. The van der Waals surface area contributed by atoms with Crippen molar-refractivity contribution in [2.75, 3.05) is 0 Å². The zero-order chi connectivity index (χ0) is 14.0. The molecule has 0 unspecified atom stereocenters. The first-order valence-corrected chi connectivity index (χ1v) is 6.08. The highest BCUT2D eigenvalue weighted by Crippen LogP contribution is 2.21. The van der Waals surface area contributed by atoms with Gasteiger partial charge in [0.15, 0.2) is 11.6 Å². The molecule has 0 atom stereocenters. The van der Waals surface area contributed by atoms with Crippen molar-refractivity contribution in [2.24, 2.45) is 7.05 Å². The van der Waals surface area contributed by atoms with Gasteiger partial charge in [-0.05, 0) is 38.5 Å². The fraction of sp³-hybridized carbons (Fsp3) is 0.357. The number of aryl methyl sites for hydroxylation is 2. The number of nitrogens with zero attached hydrogens (tertiary/aromatic N) is 3. The van der Waals surface area contributed by atoms with Crippen LogP contribution in [0.4, 0.5) is 0 Å². The molecule has 1 heterocycles. The number of carbonyl (C=O) groups excluding carboxylic acids is 1. The van der Waals surface area contributed by atoms with Crippen molar-refractivity contribution in [3.63, 3.8) is 0 Å². The Balaban J connectivity index is 2.21. The Morgan fingerprint density at radius 1 is 1.32 bits per heavy atom. The van der Waals surface area contributed by atoms with Gasteiger partial charge in [0.2, 0.25) is 0 Å². The fourth-order valence-electron chi connectivity index (χ4n) is 1.76. The zero-order valence-electron chi connectivity index (χ0n) is 11.6. The average molecular weight is 259 g/mol. The van der Waals surface area contributed by atoms with Crippen LogP contribution in [0, 0.1) is 13.8 Å². The zero-order valence-corrected chi connectivity index (χ0v) is 11.6.